The van der Waals surface area contributed by atoms with E-state index in [-0.39, 0.29) is 18.3 Å². The van der Waals surface area contributed by atoms with Crippen LogP contribution in [0.25, 0.3) is 0 Å². The third-order valence-corrected chi connectivity index (χ3v) is 1.48. The lowest BCUT2D eigenvalue weighted by Gasteiger charge is -2.16. The first kappa shape index (κ1) is 10.7. The Hall–Kier alpha value is -1.36. The molecule has 1 heterocycles. The number of amides is 1. The molecule has 0 bridgehead atoms. The molecule has 0 aliphatic carbocycles. The van der Waals surface area contributed by atoms with Gasteiger partial charge in [-0.15, -0.1) is 0 Å². The summed E-state index contributed by atoms with van der Waals surface area (Å²) in [6.45, 7) is 5.35. The van der Waals surface area contributed by atoms with Gasteiger partial charge < -0.3 is 10.2 Å². The number of oxazole rings is 1. The van der Waals surface area contributed by atoms with E-state index in [9.17, 15) is 4.79 Å². The monoisotopic (exact) mass is 197 g/mol. The highest BCUT2D eigenvalue weighted by atomic mass is 16.4. The summed E-state index contributed by atoms with van der Waals surface area (Å²) in [7, 11) is 0. The van der Waals surface area contributed by atoms with Crippen molar-refractivity contribution in [3.8, 4) is 0 Å². The minimum absolute atomic E-state index is 0.195. The van der Waals surface area contributed by atoms with Crippen molar-refractivity contribution in [2.24, 2.45) is 5.73 Å². The fraction of sp³-hybridized carbons (Fsp3) is 0.556. The van der Waals surface area contributed by atoms with Crippen molar-refractivity contribution in [3.05, 3.63) is 12.0 Å². The summed E-state index contributed by atoms with van der Waals surface area (Å²) in [5, 5.41) is 2.52. The van der Waals surface area contributed by atoms with E-state index >= 15 is 0 Å². The van der Waals surface area contributed by atoms with Gasteiger partial charge in [0.25, 0.3) is 0 Å². The maximum absolute atomic E-state index is 11.3. The van der Waals surface area contributed by atoms with E-state index in [1.54, 1.807) is 20.8 Å². The van der Waals surface area contributed by atoms with Crippen LogP contribution in [0.1, 0.15) is 26.0 Å². The van der Waals surface area contributed by atoms with Crippen LogP contribution >= 0.6 is 0 Å². The predicted octanol–water partition coefficient (Wildman–Crippen LogP) is 1.05. The summed E-state index contributed by atoms with van der Waals surface area (Å²) >= 11 is 0. The maximum Gasteiger partial charge on any atom is 0.301 e. The first-order valence-electron chi connectivity index (χ1n) is 4.38. The Bertz CT molecular complexity index is 325. The molecule has 78 valence electrons. The molecule has 1 amide bonds. The summed E-state index contributed by atoms with van der Waals surface area (Å²) in [6.07, 6.45) is 1.71. The number of carbonyl (C=O) groups excluding carboxylic acids is 1. The standard InChI is InChI=1S/C9H15N3O2/c1-6-5-14-8(11-6)12-7(13)4-9(2,3)10/h5H,4,10H2,1-3H3,(H,11,12,13). The largest absolute Gasteiger partial charge is 0.432 e. The van der Waals surface area contributed by atoms with E-state index in [4.69, 9.17) is 10.2 Å². The quantitative estimate of drug-likeness (QED) is 0.758. The fourth-order valence-electron chi connectivity index (χ4n) is 0.989. The molecule has 5 nitrogen and oxygen atoms in total. The topological polar surface area (TPSA) is 81.2 Å². The van der Waals surface area contributed by atoms with Crippen LogP contribution in [-0.2, 0) is 4.79 Å². The number of nitrogens with two attached hydrogens (primary N) is 1. The molecule has 0 saturated heterocycles. The van der Waals surface area contributed by atoms with Crippen LogP contribution in [-0.4, -0.2) is 16.4 Å². The molecule has 0 aliphatic rings. The Labute approximate surface area is 82.7 Å². The molecular formula is C9H15N3O2. The number of nitrogens with zero attached hydrogens (tertiary/aromatic N) is 1. The number of aromatic nitrogens is 1. The second kappa shape index (κ2) is 3.79. The molecular weight excluding hydrogens is 182 g/mol. The number of aryl methyl sites for hydroxylation is 1. The Balaban J connectivity index is 2.50. The molecule has 1 aromatic rings. The third-order valence-electron chi connectivity index (χ3n) is 1.48. The Morgan fingerprint density at radius 3 is 2.79 bits per heavy atom. The first-order valence-corrected chi connectivity index (χ1v) is 4.38. The Morgan fingerprint density at radius 2 is 2.36 bits per heavy atom. The molecule has 5 heteroatoms. The number of hydrogen-bond acceptors (Lipinski definition) is 4. The molecule has 0 atom stereocenters. The minimum atomic E-state index is -0.522. The van der Waals surface area contributed by atoms with Crippen LogP contribution < -0.4 is 11.1 Å². The van der Waals surface area contributed by atoms with Gasteiger partial charge in [-0.05, 0) is 20.8 Å². The van der Waals surface area contributed by atoms with Gasteiger partial charge in [0.05, 0.1) is 5.69 Å². The van der Waals surface area contributed by atoms with Crippen LogP contribution in [0.5, 0.6) is 0 Å². The average Bonchev–Trinajstić information content (AvgIpc) is 2.30. The highest BCUT2D eigenvalue weighted by molar-refractivity contribution is 5.89. The molecule has 0 unspecified atom stereocenters. The zero-order valence-corrected chi connectivity index (χ0v) is 8.63. The first-order chi connectivity index (χ1) is 6.37. The third kappa shape index (κ3) is 3.57. The fourth-order valence-corrected chi connectivity index (χ4v) is 0.989. The molecule has 0 fully saturated rings. The van der Waals surface area contributed by atoms with E-state index in [0.29, 0.717) is 0 Å². The van der Waals surface area contributed by atoms with Crippen molar-refractivity contribution in [1.82, 2.24) is 4.98 Å². The normalized spacial score (nSPS) is 11.4. The van der Waals surface area contributed by atoms with Crippen molar-refractivity contribution in [2.45, 2.75) is 32.7 Å². The van der Waals surface area contributed by atoms with Gasteiger partial charge in [-0.1, -0.05) is 0 Å². The van der Waals surface area contributed by atoms with Crippen molar-refractivity contribution in [3.63, 3.8) is 0 Å². The summed E-state index contributed by atoms with van der Waals surface area (Å²) < 4.78 is 4.97. The van der Waals surface area contributed by atoms with Crippen LogP contribution in [0.15, 0.2) is 10.7 Å². The number of rotatable bonds is 3. The van der Waals surface area contributed by atoms with Crippen LogP contribution in [0.2, 0.25) is 0 Å². The van der Waals surface area contributed by atoms with E-state index in [2.05, 4.69) is 10.3 Å². The maximum atomic E-state index is 11.3. The van der Waals surface area contributed by atoms with Gasteiger partial charge in [0.15, 0.2) is 0 Å². The molecule has 0 aliphatic heterocycles. The van der Waals surface area contributed by atoms with Gasteiger partial charge in [-0.2, -0.15) is 4.98 Å². The second-order valence-electron chi connectivity index (χ2n) is 4.01. The number of nitrogens with one attached hydrogen (secondary N) is 1. The van der Waals surface area contributed by atoms with Crippen LogP contribution in [0, 0.1) is 6.92 Å². The summed E-state index contributed by atoms with van der Waals surface area (Å²) in [6, 6.07) is 0.219. The van der Waals surface area contributed by atoms with Gasteiger partial charge in [-0.25, -0.2) is 0 Å². The zero-order valence-electron chi connectivity index (χ0n) is 8.63. The summed E-state index contributed by atoms with van der Waals surface area (Å²) in [5.74, 6) is -0.195. The molecule has 1 rings (SSSR count). The van der Waals surface area contributed by atoms with E-state index < -0.39 is 5.54 Å². The number of anilines is 1. The highest BCUT2D eigenvalue weighted by Gasteiger charge is 2.17. The van der Waals surface area contributed by atoms with Crippen molar-refractivity contribution in [1.29, 1.82) is 0 Å². The van der Waals surface area contributed by atoms with Gasteiger partial charge in [-0.3, -0.25) is 10.1 Å². The summed E-state index contributed by atoms with van der Waals surface area (Å²) in [4.78, 5) is 15.3. The lowest BCUT2D eigenvalue weighted by molar-refractivity contribution is -0.117. The molecule has 0 saturated carbocycles. The summed E-state index contributed by atoms with van der Waals surface area (Å²) in [5.41, 5.74) is 5.89. The minimum Gasteiger partial charge on any atom is -0.432 e. The average molecular weight is 197 g/mol. The van der Waals surface area contributed by atoms with Crippen LogP contribution in [0.3, 0.4) is 0 Å². The zero-order chi connectivity index (χ0) is 10.8. The van der Waals surface area contributed by atoms with Gasteiger partial charge in [0.1, 0.15) is 6.26 Å². The van der Waals surface area contributed by atoms with Gasteiger partial charge in [0.2, 0.25) is 5.91 Å². The van der Waals surface area contributed by atoms with Gasteiger partial charge in [0, 0.05) is 12.0 Å². The number of hydrogen-bond donors (Lipinski definition) is 2. The number of carbonyl (C=O) groups is 1. The lowest BCUT2D eigenvalue weighted by Crippen LogP contribution is -2.36. The lowest BCUT2D eigenvalue weighted by atomic mass is 10.0. The van der Waals surface area contributed by atoms with Crippen molar-refractivity contribution >= 4 is 11.9 Å². The second-order valence-corrected chi connectivity index (χ2v) is 4.01. The smallest absolute Gasteiger partial charge is 0.301 e. The Morgan fingerprint density at radius 1 is 1.71 bits per heavy atom. The van der Waals surface area contributed by atoms with E-state index in [1.165, 1.54) is 6.26 Å². The predicted molar refractivity (Wildman–Crippen MR) is 52.8 cm³/mol. The molecule has 0 spiro atoms. The van der Waals surface area contributed by atoms with Crippen LogP contribution in [0.4, 0.5) is 6.01 Å². The Kier molecular flexibility index (Phi) is 2.90. The molecule has 14 heavy (non-hydrogen) atoms. The highest BCUT2D eigenvalue weighted by Crippen LogP contribution is 2.09. The molecule has 0 aromatic carbocycles. The van der Waals surface area contributed by atoms with Gasteiger partial charge >= 0.3 is 6.01 Å². The van der Waals surface area contributed by atoms with E-state index in [0.717, 1.165) is 5.69 Å². The molecule has 3 N–H and O–H groups in total. The SMILES string of the molecule is Cc1coc(NC(=O)CC(C)(C)N)n1. The van der Waals surface area contributed by atoms with Crippen molar-refractivity contribution in [2.75, 3.05) is 5.32 Å². The molecule has 1 aromatic heterocycles. The van der Waals surface area contributed by atoms with Crippen molar-refractivity contribution < 1.29 is 9.21 Å². The van der Waals surface area contributed by atoms with E-state index in [1.807, 2.05) is 0 Å². The molecule has 0 radical (unpaired) electrons.